The topological polar surface area (TPSA) is 79.3 Å². The lowest BCUT2D eigenvalue weighted by atomic mass is 10.1. The molecule has 1 aromatic heterocycles. The number of amides is 1. The first-order valence-electron chi connectivity index (χ1n) is 5.75. The van der Waals surface area contributed by atoms with Crippen LogP contribution in [0.1, 0.15) is 26.4 Å². The second-order valence-electron chi connectivity index (χ2n) is 4.14. The molecule has 0 fully saturated rings. The number of aryl methyl sites for hydroxylation is 1. The highest BCUT2D eigenvalue weighted by molar-refractivity contribution is 9.10. The monoisotopic (exact) mass is 334 g/mol. The number of nitrogens with one attached hydrogen (secondary N) is 1. The number of hydrogen-bond acceptors (Lipinski definition) is 3. The number of nitrogens with zero attached hydrogens (tertiary/aromatic N) is 1. The molecular formula is C14H11BrN2O3. The maximum atomic E-state index is 12.1. The van der Waals surface area contributed by atoms with Crippen LogP contribution in [0.5, 0.6) is 0 Å². The van der Waals surface area contributed by atoms with E-state index in [0.29, 0.717) is 10.2 Å². The molecule has 0 atom stereocenters. The first-order chi connectivity index (χ1) is 9.49. The lowest BCUT2D eigenvalue weighted by Crippen LogP contribution is -2.18. The molecule has 0 aliphatic carbocycles. The lowest BCUT2D eigenvalue weighted by molar-refractivity contribution is 0.0691. The first kappa shape index (κ1) is 14.2. The Labute approximate surface area is 123 Å². The predicted molar refractivity (Wildman–Crippen MR) is 78.0 cm³/mol. The Morgan fingerprint density at radius 1 is 1.30 bits per heavy atom. The number of aromatic carboxylic acids is 1. The number of hydrogen-bond donors (Lipinski definition) is 2. The highest BCUT2D eigenvalue weighted by Gasteiger charge is 2.18. The summed E-state index contributed by atoms with van der Waals surface area (Å²) in [5, 5.41) is 11.7. The smallest absolute Gasteiger partial charge is 0.338 e. The highest BCUT2D eigenvalue weighted by Crippen LogP contribution is 2.24. The van der Waals surface area contributed by atoms with E-state index in [9.17, 15) is 9.59 Å². The maximum Gasteiger partial charge on any atom is 0.338 e. The molecule has 0 aliphatic heterocycles. The molecule has 0 saturated carbocycles. The average Bonchev–Trinajstić information content (AvgIpc) is 2.42. The summed E-state index contributed by atoms with van der Waals surface area (Å²) in [5.74, 6) is -1.75. The number of aromatic nitrogens is 1. The first-order valence-corrected chi connectivity index (χ1v) is 6.54. The third-order valence-electron chi connectivity index (χ3n) is 2.62. The van der Waals surface area contributed by atoms with Gasteiger partial charge < -0.3 is 10.4 Å². The van der Waals surface area contributed by atoms with Crippen molar-refractivity contribution in [2.24, 2.45) is 0 Å². The lowest BCUT2D eigenvalue weighted by Gasteiger charge is -2.09. The van der Waals surface area contributed by atoms with Crippen molar-refractivity contribution in [2.45, 2.75) is 6.92 Å². The van der Waals surface area contributed by atoms with Gasteiger partial charge >= 0.3 is 5.97 Å². The fraction of sp³-hybridized carbons (Fsp3) is 0.0714. The van der Waals surface area contributed by atoms with E-state index in [-0.39, 0.29) is 11.3 Å². The molecule has 0 aliphatic rings. The van der Waals surface area contributed by atoms with Crippen LogP contribution in [0.4, 0.5) is 5.69 Å². The molecule has 1 amide bonds. The van der Waals surface area contributed by atoms with Gasteiger partial charge in [-0.2, -0.15) is 0 Å². The average molecular weight is 335 g/mol. The van der Waals surface area contributed by atoms with Crippen molar-refractivity contribution in [3.8, 4) is 0 Å². The molecule has 102 valence electrons. The number of carbonyl (C=O) groups excluding carboxylic acids is 1. The van der Waals surface area contributed by atoms with E-state index in [1.54, 1.807) is 6.07 Å². The number of carboxylic acid groups (broad SMARTS) is 1. The Morgan fingerprint density at radius 2 is 2.05 bits per heavy atom. The Hall–Kier alpha value is -2.21. The summed E-state index contributed by atoms with van der Waals surface area (Å²) in [4.78, 5) is 27.1. The molecule has 0 radical (unpaired) electrons. The summed E-state index contributed by atoms with van der Waals surface area (Å²) in [6, 6.07) is 8.30. The zero-order valence-corrected chi connectivity index (χ0v) is 12.1. The summed E-state index contributed by atoms with van der Waals surface area (Å²) in [6.45, 7) is 1.89. The zero-order chi connectivity index (χ0) is 14.7. The second kappa shape index (κ2) is 5.83. The van der Waals surface area contributed by atoms with Crippen molar-refractivity contribution in [1.29, 1.82) is 0 Å². The van der Waals surface area contributed by atoms with E-state index >= 15 is 0 Å². The van der Waals surface area contributed by atoms with Crippen molar-refractivity contribution in [1.82, 2.24) is 4.98 Å². The number of carboxylic acids is 1. The Balaban J connectivity index is 2.33. The van der Waals surface area contributed by atoms with Crippen LogP contribution in [0.25, 0.3) is 0 Å². The van der Waals surface area contributed by atoms with Crippen LogP contribution in [0.2, 0.25) is 0 Å². The highest BCUT2D eigenvalue weighted by atomic mass is 79.9. The van der Waals surface area contributed by atoms with E-state index in [1.165, 1.54) is 18.3 Å². The van der Waals surface area contributed by atoms with E-state index < -0.39 is 11.9 Å². The molecule has 0 bridgehead atoms. The molecule has 1 heterocycles. The van der Waals surface area contributed by atoms with Gasteiger partial charge in [0.25, 0.3) is 5.91 Å². The number of halogens is 1. The molecule has 20 heavy (non-hydrogen) atoms. The van der Waals surface area contributed by atoms with Crippen molar-refractivity contribution in [3.05, 3.63) is 57.8 Å². The van der Waals surface area contributed by atoms with Crippen LogP contribution in [-0.4, -0.2) is 22.0 Å². The summed E-state index contributed by atoms with van der Waals surface area (Å²) >= 11 is 3.33. The molecule has 1 aromatic carbocycles. The minimum absolute atomic E-state index is 0.117. The largest absolute Gasteiger partial charge is 0.478 e. The summed E-state index contributed by atoms with van der Waals surface area (Å²) in [7, 11) is 0. The van der Waals surface area contributed by atoms with Gasteiger partial charge in [-0.3, -0.25) is 9.78 Å². The van der Waals surface area contributed by atoms with E-state index in [4.69, 9.17) is 5.11 Å². The normalized spacial score (nSPS) is 10.1. The Morgan fingerprint density at radius 3 is 2.75 bits per heavy atom. The zero-order valence-electron chi connectivity index (χ0n) is 10.6. The van der Waals surface area contributed by atoms with Gasteiger partial charge in [0.1, 0.15) is 5.69 Å². The van der Waals surface area contributed by atoms with Gasteiger partial charge in [-0.15, -0.1) is 0 Å². The van der Waals surface area contributed by atoms with Gasteiger partial charge in [-0.05, 0) is 52.7 Å². The molecular weight excluding hydrogens is 324 g/mol. The number of rotatable bonds is 3. The second-order valence-corrected chi connectivity index (χ2v) is 5.00. The number of pyridine rings is 1. The van der Waals surface area contributed by atoms with Crippen LogP contribution in [0.3, 0.4) is 0 Å². The molecule has 0 unspecified atom stereocenters. The molecule has 0 spiro atoms. The molecule has 2 rings (SSSR count). The van der Waals surface area contributed by atoms with Gasteiger partial charge in [0, 0.05) is 10.7 Å². The van der Waals surface area contributed by atoms with Crippen LogP contribution < -0.4 is 5.32 Å². The van der Waals surface area contributed by atoms with Gasteiger partial charge in [-0.25, -0.2) is 4.79 Å². The van der Waals surface area contributed by atoms with Gasteiger partial charge in [-0.1, -0.05) is 6.07 Å². The van der Waals surface area contributed by atoms with E-state index in [0.717, 1.165) is 5.56 Å². The van der Waals surface area contributed by atoms with Crippen LogP contribution in [0.15, 0.2) is 41.0 Å². The van der Waals surface area contributed by atoms with Gasteiger partial charge in [0.2, 0.25) is 0 Å². The van der Waals surface area contributed by atoms with E-state index in [1.807, 2.05) is 19.1 Å². The van der Waals surface area contributed by atoms with Crippen molar-refractivity contribution in [3.63, 3.8) is 0 Å². The Bertz CT molecular complexity index is 686. The van der Waals surface area contributed by atoms with Crippen molar-refractivity contribution in [2.75, 3.05) is 5.32 Å². The fourth-order valence-corrected chi connectivity index (χ4v) is 2.02. The minimum atomic E-state index is -1.19. The Kier molecular flexibility index (Phi) is 4.14. The van der Waals surface area contributed by atoms with E-state index in [2.05, 4.69) is 26.2 Å². The fourth-order valence-electron chi connectivity index (χ4n) is 1.68. The third-order valence-corrected chi connectivity index (χ3v) is 3.31. The summed E-state index contributed by atoms with van der Waals surface area (Å²) in [5.41, 5.74) is 1.29. The third kappa shape index (κ3) is 3.03. The molecule has 6 heteroatoms. The number of carbonyl (C=O) groups is 2. The minimum Gasteiger partial charge on any atom is -0.478 e. The van der Waals surface area contributed by atoms with Gasteiger partial charge in [0.05, 0.1) is 11.3 Å². The van der Waals surface area contributed by atoms with Gasteiger partial charge in [0.15, 0.2) is 0 Å². The van der Waals surface area contributed by atoms with Crippen LogP contribution >= 0.6 is 15.9 Å². The quantitative estimate of drug-likeness (QED) is 0.903. The predicted octanol–water partition coefficient (Wildman–Crippen LogP) is 3.10. The van der Waals surface area contributed by atoms with Crippen LogP contribution in [0, 0.1) is 6.92 Å². The molecule has 0 saturated heterocycles. The van der Waals surface area contributed by atoms with Crippen molar-refractivity contribution < 1.29 is 14.7 Å². The molecule has 2 N–H and O–H groups in total. The summed E-state index contributed by atoms with van der Waals surface area (Å²) in [6.07, 6.45) is 1.38. The number of anilines is 1. The maximum absolute atomic E-state index is 12.1. The molecule has 2 aromatic rings. The van der Waals surface area contributed by atoms with Crippen molar-refractivity contribution >= 4 is 33.5 Å². The molecule has 5 nitrogen and oxygen atoms in total. The van der Waals surface area contributed by atoms with Crippen LogP contribution in [-0.2, 0) is 0 Å². The standard InChI is InChI=1S/C14H11BrN2O3/c1-8-4-5-10(15)11(7-8)17-13(18)12-9(14(19)20)3-2-6-16-12/h2-7H,1H3,(H,17,18)(H,19,20). The number of benzene rings is 1. The summed E-state index contributed by atoms with van der Waals surface area (Å²) < 4.78 is 0.712. The SMILES string of the molecule is Cc1ccc(Br)c(NC(=O)c2ncccc2C(=O)O)c1.